The molecule has 142 valence electrons. The lowest BCUT2D eigenvalue weighted by molar-refractivity contribution is -0.145. The summed E-state index contributed by atoms with van der Waals surface area (Å²) in [6.07, 6.45) is 0.348. The molecule has 2 aromatic carbocycles. The lowest BCUT2D eigenvalue weighted by atomic mass is 10.0. The van der Waals surface area contributed by atoms with Crippen LogP contribution in [0, 0.1) is 0 Å². The number of rotatable bonds is 8. The van der Waals surface area contributed by atoms with Gasteiger partial charge in [0.25, 0.3) is 0 Å². The van der Waals surface area contributed by atoms with E-state index in [1.807, 2.05) is 60.7 Å². The lowest BCUT2D eigenvalue weighted by Gasteiger charge is -2.21. The van der Waals surface area contributed by atoms with Crippen molar-refractivity contribution >= 4 is 17.8 Å². The van der Waals surface area contributed by atoms with E-state index in [-0.39, 0.29) is 18.2 Å². The van der Waals surface area contributed by atoms with Gasteiger partial charge in [0.2, 0.25) is 11.8 Å². The van der Waals surface area contributed by atoms with Crippen molar-refractivity contribution in [3.63, 3.8) is 0 Å². The molecular formula is C21H24N2O4. The smallest absolute Gasteiger partial charge is 0.328 e. The predicted octanol–water partition coefficient (Wildman–Crippen LogP) is 2.15. The van der Waals surface area contributed by atoms with Gasteiger partial charge in [-0.1, -0.05) is 60.7 Å². The molecular weight excluding hydrogens is 344 g/mol. The van der Waals surface area contributed by atoms with Gasteiger partial charge in [0.15, 0.2) is 0 Å². The van der Waals surface area contributed by atoms with Crippen LogP contribution in [-0.4, -0.2) is 30.9 Å². The molecule has 0 saturated carbocycles. The number of ether oxygens (including phenoxy) is 1. The van der Waals surface area contributed by atoms with Crippen LogP contribution in [0.2, 0.25) is 0 Å². The monoisotopic (exact) mass is 368 g/mol. The van der Waals surface area contributed by atoms with Gasteiger partial charge < -0.3 is 15.4 Å². The summed E-state index contributed by atoms with van der Waals surface area (Å²) in [6, 6.07) is 17.3. The van der Waals surface area contributed by atoms with E-state index >= 15 is 0 Å². The molecule has 0 fully saturated rings. The highest BCUT2D eigenvalue weighted by molar-refractivity contribution is 5.85. The van der Waals surface area contributed by atoms with E-state index in [0.29, 0.717) is 6.42 Å². The molecule has 6 nitrogen and oxygen atoms in total. The fourth-order valence-corrected chi connectivity index (χ4v) is 2.81. The van der Waals surface area contributed by atoms with Crippen LogP contribution in [-0.2, 0) is 25.5 Å². The largest absolute Gasteiger partial charge is 0.467 e. The normalized spacial score (nSPS) is 12.5. The minimum Gasteiger partial charge on any atom is -0.467 e. The topological polar surface area (TPSA) is 84.5 Å². The van der Waals surface area contributed by atoms with Gasteiger partial charge in [0, 0.05) is 13.3 Å². The van der Waals surface area contributed by atoms with Crippen molar-refractivity contribution in [1.82, 2.24) is 10.6 Å². The summed E-state index contributed by atoms with van der Waals surface area (Å²) in [5.74, 6) is -1.09. The Morgan fingerprint density at radius 1 is 0.926 bits per heavy atom. The van der Waals surface area contributed by atoms with Crippen LogP contribution in [0.5, 0.6) is 0 Å². The van der Waals surface area contributed by atoms with Crippen LogP contribution >= 0.6 is 0 Å². The number of hydrogen-bond donors (Lipinski definition) is 2. The molecule has 0 radical (unpaired) electrons. The van der Waals surface area contributed by atoms with E-state index in [4.69, 9.17) is 4.74 Å². The number of benzene rings is 2. The van der Waals surface area contributed by atoms with E-state index in [2.05, 4.69) is 10.6 Å². The van der Waals surface area contributed by atoms with Crippen LogP contribution in [0.3, 0.4) is 0 Å². The zero-order chi connectivity index (χ0) is 19.6. The first-order chi connectivity index (χ1) is 13.0. The van der Waals surface area contributed by atoms with Crippen molar-refractivity contribution < 1.29 is 19.1 Å². The van der Waals surface area contributed by atoms with Crippen molar-refractivity contribution in [2.24, 2.45) is 0 Å². The number of methoxy groups -OCH3 is 1. The molecule has 2 amide bonds. The van der Waals surface area contributed by atoms with Crippen LogP contribution in [0.4, 0.5) is 0 Å². The van der Waals surface area contributed by atoms with Gasteiger partial charge in [-0.2, -0.15) is 0 Å². The third-order valence-corrected chi connectivity index (χ3v) is 4.07. The SMILES string of the molecule is COC(=O)[C@@H](Cc1ccccc1)NC(=O)C[C@H](NC(C)=O)c1ccccc1. The summed E-state index contributed by atoms with van der Waals surface area (Å²) in [6.45, 7) is 1.40. The number of amides is 2. The summed E-state index contributed by atoms with van der Waals surface area (Å²) in [4.78, 5) is 36.1. The second kappa shape index (κ2) is 10.1. The van der Waals surface area contributed by atoms with Gasteiger partial charge in [0.1, 0.15) is 6.04 Å². The third kappa shape index (κ3) is 6.58. The molecule has 0 saturated heterocycles. The molecule has 2 aromatic rings. The van der Waals surface area contributed by atoms with Crippen molar-refractivity contribution in [1.29, 1.82) is 0 Å². The maximum absolute atomic E-state index is 12.6. The van der Waals surface area contributed by atoms with Crippen molar-refractivity contribution in [3.05, 3.63) is 71.8 Å². The van der Waals surface area contributed by atoms with Gasteiger partial charge in [-0.05, 0) is 11.1 Å². The Bertz CT molecular complexity index is 762. The average Bonchev–Trinajstić information content (AvgIpc) is 2.67. The fourth-order valence-electron chi connectivity index (χ4n) is 2.81. The molecule has 27 heavy (non-hydrogen) atoms. The average molecular weight is 368 g/mol. The third-order valence-electron chi connectivity index (χ3n) is 4.07. The molecule has 6 heteroatoms. The molecule has 0 heterocycles. The summed E-state index contributed by atoms with van der Waals surface area (Å²) in [5, 5.41) is 5.50. The number of esters is 1. The first kappa shape index (κ1) is 20.2. The Hall–Kier alpha value is -3.15. The summed E-state index contributed by atoms with van der Waals surface area (Å²) < 4.78 is 4.82. The molecule has 0 aliphatic heterocycles. The molecule has 2 atom stereocenters. The van der Waals surface area contributed by atoms with Crippen molar-refractivity contribution in [3.8, 4) is 0 Å². The second-order valence-corrected chi connectivity index (χ2v) is 6.20. The molecule has 0 spiro atoms. The summed E-state index contributed by atoms with van der Waals surface area (Å²) in [7, 11) is 1.29. The van der Waals surface area contributed by atoms with Gasteiger partial charge in [-0.3, -0.25) is 9.59 Å². The van der Waals surface area contributed by atoms with Crippen LogP contribution < -0.4 is 10.6 Å². The van der Waals surface area contributed by atoms with Gasteiger partial charge in [-0.15, -0.1) is 0 Å². The summed E-state index contributed by atoms with van der Waals surface area (Å²) >= 11 is 0. The lowest BCUT2D eigenvalue weighted by Crippen LogP contribution is -2.44. The standard InChI is InChI=1S/C21H24N2O4/c1-15(24)22-18(17-11-7-4-8-12-17)14-20(25)23-19(21(26)27-2)13-16-9-5-3-6-10-16/h3-12,18-19H,13-14H2,1-2H3,(H,22,24)(H,23,25)/t18-,19+/m0/s1. The second-order valence-electron chi connectivity index (χ2n) is 6.20. The molecule has 0 aliphatic rings. The van der Waals surface area contributed by atoms with Crippen molar-refractivity contribution in [2.45, 2.75) is 31.8 Å². The minimum atomic E-state index is -0.793. The number of carbonyl (C=O) groups is 3. The first-order valence-electron chi connectivity index (χ1n) is 8.72. The molecule has 0 unspecified atom stereocenters. The minimum absolute atomic E-state index is 0.0197. The van der Waals surface area contributed by atoms with E-state index < -0.39 is 18.1 Å². The zero-order valence-corrected chi connectivity index (χ0v) is 15.5. The van der Waals surface area contributed by atoms with Crippen molar-refractivity contribution in [2.75, 3.05) is 7.11 Å². The quantitative estimate of drug-likeness (QED) is 0.700. The van der Waals surface area contributed by atoms with Gasteiger partial charge in [0.05, 0.1) is 19.6 Å². The van der Waals surface area contributed by atoms with Crippen LogP contribution in [0.1, 0.15) is 30.5 Å². The van der Waals surface area contributed by atoms with E-state index in [1.54, 1.807) is 0 Å². The molecule has 0 bridgehead atoms. The maximum atomic E-state index is 12.6. The highest BCUT2D eigenvalue weighted by Crippen LogP contribution is 2.17. The Labute approximate surface area is 158 Å². The Kier molecular flexibility index (Phi) is 7.55. The summed E-state index contributed by atoms with van der Waals surface area (Å²) in [5.41, 5.74) is 1.73. The molecule has 2 rings (SSSR count). The van der Waals surface area contributed by atoms with Crippen LogP contribution in [0.25, 0.3) is 0 Å². The Balaban J connectivity index is 2.08. The number of hydrogen-bond acceptors (Lipinski definition) is 4. The number of nitrogens with one attached hydrogen (secondary N) is 2. The van der Waals surface area contributed by atoms with E-state index in [9.17, 15) is 14.4 Å². The molecule has 2 N–H and O–H groups in total. The first-order valence-corrected chi connectivity index (χ1v) is 8.72. The zero-order valence-electron chi connectivity index (χ0n) is 15.5. The highest BCUT2D eigenvalue weighted by atomic mass is 16.5. The molecule has 0 aromatic heterocycles. The number of carbonyl (C=O) groups excluding carboxylic acids is 3. The highest BCUT2D eigenvalue weighted by Gasteiger charge is 2.24. The molecule has 0 aliphatic carbocycles. The Morgan fingerprint density at radius 3 is 2.07 bits per heavy atom. The fraction of sp³-hybridized carbons (Fsp3) is 0.286. The van der Waals surface area contributed by atoms with Crippen LogP contribution in [0.15, 0.2) is 60.7 Å². The van der Waals surface area contributed by atoms with Gasteiger partial charge in [-0.25, -0.2) is 4.79 Å². The van der Waals surface area contributed by atoms with E-state index in [1.165, 1.54) is 14.0 Å². The van der Waals surface area contributed by atoms with E-state index in [0.717, 1.165) is 11.1 Å². The maximum Gasteiger partial charge on any atom is 0.328 e. The Morgan fingerprint density at radius 2 is 1.52 bits per heavy atom. The predicted molar refractivity (Wildman–Crippen MR) is 102 cm³/mol. The van der Waals surface area contributed by atoms with Gasteiger partial charge >= 0.3 is 5.97 Å².